The Kier molecular flexibility index (Phi) is 5.76. The molecule has 176 valence electrons. The number of benzene rings is 1. The third-order valence-electron chi connectivity index (χ3n) is 6.00. The Bertz CT molecular complexity index is 1360. The van der Waals surface area contributed by atoms with E-state index in [4.69, 9.17) is 11.6 Å². The number of anilines is 1. The number of rotatable bonds is 4. The van der Waals surface area contributed by atoms with E-state index >= 15 is 0 Å². The fourth-order valence-corrected chi connectivity index (χ4v) is 4.49. The number of alkyl halides is 3. The lowest BCUT2D eigenvalue weighted by Gasteiger charge is -2.30. The van der Waals surface area contributed by atoms with Gasteiger partial charge in [0.2, 0.25) is 5.78 Å². The lowest BCUT2D eigenvalue weighted by Crippen LogP contribution is -2.40. The molecule has 4 aromatic rings. The van der Waals surface area contributed by atoms with Crippen LogP contribution in [0.25, 0.3) is 16.7 Å². The highest BCUT2D eigenvalue weighted by Gasteiger charge is 2.34. The van der Waals surface area contributed by atoms with Crippen LogP contribution in [0.2, 0.25) is 5.02 Å². The molecule has 0 saturated heterocycles. The molecule has 2 N–H and O–H groups in total. The van der Waals surface area contributed by atoms with Crippen molar-refractivity contribution in [2.75, 3.05) is 5.32 Å². The molecular formula is C23H20ClF3N6O. The Labute approximate surface area is 197 Å². The van der Waals surface area contributed by atoms with Gasteiger partial charge < -0.3 is 10.6 Å². The molecule has 1 aliphatic rings. The van der Waals surface area contributed by atoms with Gasteiger partial charge in [0.15, 0.2) is 0 Å². The van der Waals surface area contributed by atoms with Crippen LogP contribution < -0.4 is 10.6 Å². The highest BCUT2D eigenvalue weighted by molar-refractivity contribution is 6.31. The van der Waals surface area contributed by atoms with Crippen LogP contribution >= 0.6 is 11.6 Å². The number of pyridine rings is 1. The molecule has 1 saturated carbocycles. The topological polar surface area (TPSA) is 84.2 Å². The molecule has 3 aromatic heterocycles. The minimum absolute atomic E-state index is 0.0397. The maximum atomic E-state index is 13.4. The fourth-order valence-electron chi connectivity index (χ4n) is 4.32. The number of nitrogens with zero attached hydrogens (tertiary/aromatic N) is 4. The molecule has 0 aliphatic heterocycles. The third-order valence-corrected chi connectivity index (χ3v) is 6.24. The van der Waals surface area contributed by atoms with Crippen LogP contribution in [0.4, 0.5) is 18.9 Å². The van der Waals surface area contributed by atoms with Gasteiger partial charge in [-0.15, -0.1) is 0 Å². The van der Waals surface area contributed by atoms with Crippen LogP contribution in [0.1, 0.15) is 41.9 Å². The first-order chi connectivity index (χ1) is 16.3. The lowest BCUT2D eigenvalue weighted by atomic mass is 9.90. The predicted molar refractivity (Wildman–Crippen MR) is 122 cm³/mol. The SMILES string of the molecule is O=C(NC1CCC(Nc2cc(C(F)(F)F)nc3ccc(Cl)cc23)CC1)c1cnc2ncccn12. The van der Waals surface area contributed by atoms with Gasteiger partial charge in [-0.25, -0.2) is 15.0 Å². The van der Waals surface area contributed by atoms with E-state index in [-0.39, 0.29) is 23.5 Å². The van der Waals surface area contributed by atoms with Crippen molar-refractivity contribution in [2.45, 2.75) is 43.9 Å². The van der Waals surface area contributed by atoms with Gasteiger partial charge in [0.1, 0.15) is 11.4 Å². The monoisotopic (exact) mass is 488 g/mol. The highest BCUT2D eigenvalue weighted by atomic mass is 35.5. The van der Waals surface area contributed by atoms with Crippen molar-refractivity contribution in [1.29, 1.82) is 0 Å². The summed E-state index contributed by atoms with van der Waals surface area (Å²) in [4.78, 5) is 24.7. The van der Waals surface area contributed by atoms with Gasteiger partial charge >= 0.3 is 6.18 Å². The first-order valence-electron chi connectivity index (χ1n) is 10.8. The first-order valence-corrected chi connectivity index (χ1v) is 11.2. The Balaban J connectivity index is 1.27. The van der Waals surface area contributed by atoms with E-state index in [1.165, 1.54) is 18.3 Å². The van der Waals surface area contributed by atoms with E-state index in [1.54, 1.807) is 28.9 Å². The second-order valence-corrected chi connectivity index (χ2v) is 8.75. The van der Waals surface area contributed by atoms with E-state index in [9.17, 15) is 18.0 Å². The first kappa shape index (κ1) is 22.4. The van der Waals surface area contributed by atoms with Gasteiger partial charge in [-0.1, -0.05) is 11.6 Å². The number of aromatic nitrogens is 4. The quantitative estimate of drug-likeness (QED) is 0.417. The van der Waals surface area contributed by atoms with Crippen molar-refractivity contribution >= 4 is 39.9 Å². The molecule has 0 atom stereocenters. The molecule has 34 heavy (non-hydrogen) atoms. The molecule has 5 rings (SSSR count). The highest BCUT2D eigenvalue weighted by Crippen LogP contribution is 2.35. The summed E-state index contributed by atoms with van der Waals surface area (Å²) in [6.45, 7) is 0. The summed E-state index contributed by atoms with van der Waals surface area (Å²) in [6, 6.07) is 7.30. The Morgan fingerprint density at radius 3 is 2.62 bits per heavy atom. The van der Waals surface area contributed by atoms with Gasteiger partial charge in [-0.05, 0) is 56.0 Å². The average molecular weight is 489 g/mol. The van der Waals surface area contributed by atoms with E-state index < -0.39 is 11.9 Å². The number of amides is 1. The molecule has 0 unspecified atom stereocenters. The Hall–Kier alpha value is -3.40. The van der Waals surface area contributed by atoms with Crippen molar-refractivity contribution in [3.63, 3.8) is 0 Å². The summed E-state index contributed by atoms with van der Waals surface area (Å²) in [7, 11) is 0. The molecule has 7 nitrogen and oxygen atoms in total. The molecule has 11 heteroatoms. The van der Waals surface area contributed by atoms with Crippen LogP contribution in [0.15, 0.2) is 48.9 Å². The smallest absolute Gasteiger partial charge is 0.382 e. The largest absolute Gasteiger partial charge is 0.433 e. The maximum absolute atomic E-state index is 13.4. The van der Waals surface area contributed by atoms with Crippen molar-refractivity contribution in [3.05, 3.63) is 65.3 Å². The van der Waals surface area contributed by atoms with Crippen LogP contribution in [0.5, 0.6) is 0 Å². The van der Waals surface area contributed by atoms with Crippen molar-refractivity contribution in [3.8, 4) is 0 Å². The summed E-state index contributed by atoms with van der Waals surface area (Å²) in [6.07, 6.45) is 3.02. The van der Waals surface area contributed by atoms with Crippen LogP contribution in [-0.2, 0) is 6.18 Å². The lowest BCUT2D eigenvalue weighted by molar-refractivity contribution is -0.140. The van der Waals surface area contributed by atoms with E-state index in [2.05, 4.69) is 25.6 Å². The van der Waals surface area contributed by atoms with Crippen LogP contribution in [-0.4, -0.2) is 37.3 Å². The number of halogens is 4. The van der Waals surface area contributed by atoms with Gasteiger partial charge in [0.25, 0.3) is 5.91 Å². The molecule has 0 spiro atoms. The summed E-state index contributed by atoms with van der Waals surface area (Å²) in [5, 5.41) is 7.25. The standard InChI is InChI=1S/C23H20ClF3N6O/c24-13-2-7-17-16(10-13)18(11-20(32-17)23(25,26)27)30-14-3-5-15(6-4-14)31-21(34)19-12-29-22-28-8-1-9-33(19)22/h1-2,7-12,14-15H,3-6H2,(H,30,32)(H,31,34). The molecular weight excluding hydrogens is 469 g/mol. The van der Waals surface area contributed by atoms with Gasteiger partial charge in [-0.2, -0.15) is 13.2 Å². The zero-order valence-electron chi connectivity index (χ0n) is 17.8. The molecule has 1 aromatic carbocycles. The molecule has 0 bridgehead atoms. The molecule has 0 radical (unpaired) electrons. The van der Waals surface area contributed by atoms with Gasteiger partial charge in [0.05, 0.1) is 11.7 Å². The molecule has 1 amide bonds. The van der Waals surface area contributed by atoms with Crippen molar-refractivity contribution in [1.82, 2.24) is 24.7 Å². The zero-order valence-corrected chi connectivity index (χ0v) is 18.6. The third kappa shape index (κ3) is 4.50. The number of nitrogens with one attached hydrogen (secondary N) is 2. The summed E-state index contributed by atoms with van der Waals surface area (Å²) >= 11 is 6.08. The minimum Gasteiger partial charge on any atom is -0.382 e. The van der Waals surface area contributed by atoms with Gasteiger partial charge in [-0.3, -0.25) is 9.20 Å². The van der Waals surface area contributed by atoms with Crippen molar-refractivity contribution in [2.24, 2.45) is 0 Å². The molecule has 1 fully saturated rings. The van der Waals surface area contributed by atoms with Crippen molar-refractivity contribution < 1.29 is 18.0 Å². The summed E-state index contributed by atoms with van der Waals surface area (Å²) in [5.74, 6) is 0.213. The number of carbonyl (C=O) groups excluding carboxylic acids is 1. The Morgan fingerprint density at radius 2 is 1.85 bits per heavy atom. The van der Waals surface area contributed by atoms with E-state index in [0.29, 0.717) is 53.3 Å². The molecule has 1 aliphatic carbocycles. The average Bonchev–Trinajstić information content (AvgIpc) is 3.24. The maximum Gasteiger partial charge on any atom is 0.433 e. The van der Waals surface area contributed by atoms with Crippen LogP contribution in [0.3, 0.4) is 0 Å². The van der Waals surface area contributed by atoms with E-state index in [0.717, 1.165) is 6.07 Å². The normalized spacial score (nSPS) is 18.8. The fraction of sp³-hybridized carbons (Fsp3) is 0.304. The molecule has 3 heterocycles. The number of imidazole rings is 1. The number of hydrogen-bond donors (Lipinski definition) is 2. The minimum atomic E-state index is -4.56. The summed E-state index contributed by atoms with van der Waals surface area (Å²) < 4.78 is 41.7. The van der Waals surface area contributed by atoms with E-state index in [1.807, 2.05) is 0 Å². The predicted octanol–water partition coefficient (Wildman–Crippen LogP) is 5.10. The second-order valence-electron chi connectivity index (χ2n) is 8.31. The Morgan fingerprint density at radius 1 is 1.09 bits per heavy atom. The second kappa shape index (κ2) is 8.75. The number of hydrogen-bond acceptors (Lipinski definition) is 5. The number of carbonyl (C=O) groups is 1. The zero-order chi connectivity index (χ0) is 23.9. The van der Waals surface area contributed by atoms with Crippen LogP contribution in [0, 0.1) is 0 Å². The van der Waals surface area contributed by atoms with Gasteiger partial charge in [0, 0.05) is 40.6 Å². The summed E-state index contributed by atoms with van der Waals surface area (Å²) in [5.41, 5.74) is 0.0344. The number of fused-ring (bicyclic) bond motifs is 2.